The topological polar surface area (TPSA) is 95.0 Å². The molecule has 2 fully saturated rings. The standard InChI is InChI=1S/C13H22N2O5S/c1-21(19,20)14-7-4-5-10(9-14)12(16)15-8-3-2-6-11(15)13(17)18/h10-11H,2-9H2,1H3,(H,17,18)/t10-,11+/m1/s1. The van der Waals surface area contributed by atoms with Crippen LogP contribution in [0.2, 0.25) is 0 Å². The second kappa shape index (κ2) is 6.31. The number of hydrogen-bond donors (Lipinski definition) is 1. The molecule has 0 aromatic rings. The molecular weight excluding hydrogens is 296 g/mol. The van der Waals surface area contributed by atoms with Gasteiger partial charge >= 0.3 is 5.97 Å². The van der Waals surface area contributed by atoms with Gasteiger partial charge < -0.3 is 10.0 Å². The van der Waals surface area contributed by atoms with Gasteiger partial charge in [0.15, 0.2) is 0 Å². The molecule has 2 aliphatic heterocycles. The third kappa shape index (κ3) is 3.74. The Morgan fingerprint density at radius 1 is 1.10 bits per heavy atom. The minimum absolute atomic E-state index is 0.167. The van der Waals surface area contributed by atoms with Crippen molar-refractivity contribution in [3.05, 3.63) is 0 Å². The van der Waals surface area contributed by atoms with Crippen LogP contribution < -0.4 is 0 Å². The molecule has 0 saturated carbocycles. The van der Waals surface area contributed by atoms with Gasteiger partial charge in [-0.15, -0.1) is 0 Å². The molecule has 1 amide bonds. The fraction of sp³-hybridized carbons (Fsp3) is 0.846. The number of rotatable bonds is 3. The molecule has 2 aliphatic rings. The second-order valence-corrected chi connectivity index (χ2v) is 7.82. The van der Waals surface area contributed by atoms with Crippen molar-refractivity contribution >= 4 is 21.9 Å². The van der Waals surface area contributed by atoms with Gasteiger partial charge in [0.2, 0.25) is 15.9 Å². The summed E-state index contributed by atoms with van der Waals surface area (Å²) in [5.41, 5.74) is 0. The summed E-state index contributed by atoms with van der Waals surface area (Å²) in [5.74, 6) is -1.61. The first kappa shape index (κ1) is 16.2. The number of sulfonamides is 1. The molecule has 0 bridgehead atoms. The Morgan fingerprint density at radius 3 is 2.43 bits per heavy atom. The van der Waals surface area contributed by atoms with E-state index in [0.29, 0.717) is 32.4 Å². The molecule has 2 heterocycles. The van der Waals surface area contributed by atoms with Crippen molar-refractivity contribution in [1.29, 1.82) is 0 Å². The highest BCUT2D eigenvalue weighted by atomic mass is 32.2. The molecule has 0 aliphatic carbocycles. The van der Waals surface area contributed by atoms with Crippen LogP contribution in [0.15, 0.2) is 0 Å². The fourth-order valence-electron chi connectivity index (χ4n) is 3.13. The zero-order valence-electron chi connectivity index (χ0n) is 12.2. The van der Waals surface area contributed by atoms with Gasteiger partial charge in [-0.3, -0.25) is 4.79 Å². The summed E-state index contributed by atoms with van der Waals surface area (Å²) in [6, 6.07) is -0.764. The van der Waals surface area contributed by atoms with Crippen molar-refractivity contribution in [2.45, 2.75) is 38.1 Å². The SMILES string of the molecule is CS(=O)(=O)N1CCC[C@@H](C(=O)N2CCCC[C@H]2C(=O)O)C1. The van der Waals surface area contributed by atoms with Crippen LogP contribution in [-0.2, 0) is 19.6 Å². The van der Waals surface area contributed by atoms with Crippen LogP contribution in [0.3, 0.4) is 0 Å². The fourth-order valence-corrected chi connectivity index (χ4v) is 4.04. The number of carbonyl (C=O) groups is 2. The lowest BCUT2D eigenvalue weighted by molar-refractivity contribution is -0.154. The molecule has 21 heavy (non-hydrogen) atoms. The lowest BCUT2D eigenvalue weighted by Crippen LogP contribution is -2.53. The number of carboxylic acids is 1. The summed E-state index contributed by atoms with van der Waals surface area (Å²) in [6.45, 7) is 1.05. The Labute approximate surface area is 125 Å². The quantitative estimate of drug-likeness (QED) is 0.798. The summed E-state index contributed by atoms with van der Waals surface area (Å²) < 4.78 is 24.5. The van der Waals surface area contributed by atoms with E-state index in [1.807, 2.05) is 0 Å². The molecular formula is C13H22N2O5S. The summed E-state index contributed by atoms with van der Waals surface area (Å²) in [7, 11) is -3.31. The van der Waals surface area contributed by atoms with Crippen molar-refractivity contribution in [1.82, 2.24) is 9.21 Å². The Morgan fingerprint density at radius 2 is 1.81 bits per heavy atom. The highest BCUT2D eigenvalue weighted by Gasteiger charge is 2.38. The molecule has 7 nitrogen and oxygen atoms in total. The molecule has 0 aromatic carbocycles. The van der Waals surface area contributed by atoms with Crippen LogP contribution in [-0.4, -0.2) is 66.5 Å². The van der Waals surface area contributed by atoms with E-state index < -0.39 is 28.0 Å². The van der Waals surface area contributed by atoms with Crippen LogP contribution >= 0.6 is 0 Å². The number of amides is 1. The monoisotopic (exact) mass is 318 g/mol. The number of carbonyl (C=O) groups excluding carboxylic acids is 1. The zero-order chi connectivity index (χ0) is 15.6. The highest BCUT2D eigenvalue weighted by molar-refractivity contribution is 7.88. The van der Waals surface area contributed by atoms with E-state index in [2.05, 4.69) is 0 Å². The van der Waals surface area contributed by atoms with Gasteiger partial charge in [-0.2, -0.15) is 0 Å². The molecule has 0 radical (unpaired) electrons. The molecule has 0 unspecified atom stereocenters. The molecule has 2 saturated heterocycles. The predicted molar refractivity (Wildman–Crippen MR) is 76.1 cm³/mol. The first-order chi connectivity index (χ1) is 9.80. The minimum atomic E-state index is -3.31. The van der Waals surface area contributed by atoms with Crippen molar-refractivity contribution in [2.24, 2.45) is 5.92 Å². The van der Waals surface area contributed by atoms with Gasteiger partial charge in [-0.25, -0.2) is 17.5 Å². The third-order valence-electron chi connectivity index (χ3n) is 4.27. The van der Waals surface area contributed by atoms with E-state index in [4.69, 9.17) is 0 Å². The molecule has 1 N–H and O–H groups in total. The number of nitrogens with zero attached hydrogens (tertiary/aromatic N) is 2. The molecule has 120 valence electrons. The minimum Gasteiger partial charge on any atom is -0.480 e. The lowest BCUT2D eigenvalue weighted by Gasteiger charge is -2.38. The van der Waals surface area contributed by atoms with Gasteiger partial charge in [0, 0.05) is 19.6 Å². The maximum absolute atomic E-state index is 12.6. The first-order valence-electron chi connectivity index (χ1n) is 7.29. The van der Waals surface area contributed by atoms with Gasteiger partial charge in [0.25, 0.3) is 0 Å². The number of piperidine rings is 2. The summed E-state index contributed by atoms with van der Waals surface area (Å²) in [4.78, 5) is 25.3. The van der Waals surface area contributed by atoms with Gasteiger partial charge in [0.1, 0.15) is 6.04 Å². The maximum atomic E-state index is 12.6. The van der Waals surface area contributed by atoms with E-state index in [9.17, 15) is 23.1 Å². The lowest BCUT2D eigenvalue weighted by atomic mass is 9.94. The van der Waals surface area contributed by atoms with Crippen LogP contribution in [0.5, 0.6) is 0 Å². The van der Waals surface area contributed by atoms with Gasteiger partial charge in [-0.05, 0) is 32.1 Å². The average molecular weight is 318 g/mol. The van der Waals surface area contributed by atoms with Gasteiger partial charge in [-0.1, -0.05) is 0 Å². The van der Waals surface area contributed by atoms with Crippen LogP contribution in [0.4, 0.5) is 0 Å². The van der Waals surface area contributed by atoms with Gasteiger partial charge in [0.05, 0.1) is 12.2 Å². The van der Waals surface area contributed by atoms with Crippen molar-refractivity contribution in [3.63, 3.8) is 0 Å². The van der Waals surface area contributed by atoms with E-state index >= 15 is 0 Å². The number of carboxylic acid groups (broad SMARTS) is 1. The van der Waals surface area contributed by atoms with E-state index in [1.54, 1.807) is 0 Å². The van der Waals surface area contributed by atoms with Crippen LogP contribution in [0.1, 0.15) is 32.1 Å². The van der Waals surface area contributed by atoms with Crippen molar-refractivity contribution in [2.75, 3.05) is 25.9 Å². The summed E-state index contributed by atoms with van der Waals surface area (Å²) in [6.07, 6.45) is 4.48. The van der Waals surface area contributed by atoms with Crippen LogP contribution in [0, 0.1) is 5.92 Å². The molecule has 0 aromatic heterocycles. The Bertz CT molecular complexity index is 519. The second-order valence-electron chi connectivity index (χ2n) is 5.84. The highest BCUT2D eigenvalue weighted by Crippen LogP contribution is 2.25. The largest absolute Gasteiger partial charge is 0.480 e. The Kier molecular flexibility index (Phi) is 4.88. The number of likely N-dealkylation sites (tertiary alicyclic amines) is 1. The maximum Gasteiger partial charge on any atom is 0.326 e. The Balaban J connectivity index is 2.09. The predicted octanol–water partition coefficient (Wildman–Crippen LogP) is 0.124. The average Bonchev–Trinajstić information content (AvgIpc) is 2.45. The molecule has 8 heteroatoms. The summed E-state index contributed by atoms with van der Waals surface area (Å²) in [5, 5.41) is 9.24. The van der Waals surface area contributed by atoms with E-state index in [0.717, 1.165) is 19.1 Å². The van der Waals surface area contributed by atoms with E-state index in [-0.39, 0.29) is 12.5 Å². The van der Waals surface area contributed by atoms with Crippen molar-refractivity contribution in [3.8, 4) is 0 Å². The third-order valence-corrected chi connectivity index (χ3v) is 5.54. The Hall–Kier alpha value is -1.15. The first-order valence-corrected chi connectivity index (χ1v) is 9.14. The van der Waals surface area contributed by atoms with Crippen LogP contribution in [0.25, 0.3) is 0 Å². The summed E-state index contributed by atoms with van der Waals surface area (Å²) >= 11 is 0. The molecule has 0 spiro atoms. The normalized spacial score (nSPS) is 28.3. The number of aliphatic carboxylic acids is 1. The molecule has 2 atom stereocenters. The zero-order valence-corrected chi connectivity index (χ0v) is 13.0. The number of hydrogen-bond acceptors (Lipinski definition) is 4. The van der Waals surface area contributed by atoms with Crippen molar-refractivity contribution < 1.29 is 23.1 Å². The smallest absolute Gasteiger partial charge is 0.326 e. The van der Waals surface area contributed by atoms with E-state index in [1.165, 1.54) is 9.21 Å². The molecule has 2 rings (SSSR count).